The number of nitrogens with zero attached hydrogens (tertiary/aromatic N) is 2. The lowest BCUT2D eigenvalue weighted by Crippen LogP contribution is -2.73. The van der Waals surface area contributed by atoms with Crippen LogP contribution in [0.1, 0.15) is 12.5 Å². The van der Waals surface area contributed by atoms with Crippen molar-refractivity contribution in [2.75, 3.05) is 19.4 Å². The summed E-state index contributed by atoms with van der Waals surface area (Å²) in [5, 5.41) is 17.4. The Morgan fingerprint density at radius 1 is 1.43 bits per heavy atom. The standard InChI is InChI=1S/C19H18FN3O5S2/c1-19(18(26)27)7-23-16(25)14(17(23)30-8-19)21-15(24)13(22-28-2)9-6-29-11-5-3-4-10(20)12(9)11/h3-6,14,17H,7-8H2,1-2H3,(H,21,24)(H,26,27)/t14?,17-,19?/m1/s1. The number of carboxylic acid groups (broad SMARTS) is 1. The van der Waals surface area contributed by atoms with Crippen LogP contribution in [0.5, 0.6) is 0 Å². The van der Waals surface area contributed by atoms with Crippen molar-refractivity contribution in [2.24, 2.45) is 10.6 Å². The van der Waals surface area contributed by atoms with Gasteiger partial charge in [0.15, 0.2) is 5.71 Å². The summed E-state index contributed by atoms with van der Waals surface area (Å²) < 4.78 is 15.0. The van der Waals surface area contributed by atoms with E-state index >= 15 is 0 Å². The van der Waals surface area contributed by atoms with Crippen molar-refractivity contribution < 1.29 is 28.7 Å². The van der Waals surface area contributed by atoms with Crippen LogP contribution in [0.4, 0.5) is 4.39 Å². The first-order valence-corrected chi connectivity index (χ1v) is 10.9. The molecule has 11 heteroatoms. The normalized spacial score (nSPS) is 26.2. The molecule has 30 heavy (non-hydrogen) atoms. The Hall–Kier alpha value is -2.66. The Bertz CT molecular complexity index is 1090. The van der Waals surface area contributed by atoms with E-state index in [0.717, 1.165) is 0 Å². The smallest absolute Gasteiger partial charge is 0.312 e. The summed E-state index contributed by atoms with van der Waals surface area (Å²) in [5.74, 6) is -2.14. The summed E-state index contributed by atoms with van der Waals surface area (Å²) >= 11 is 2.58. The number of benzene rings is 1. The number of thiophene rings is 1. The summed E-state index contributed by atoms with van der Waals surface area (Å²) in [4.78, 5) is 43.2. The third-order valence-electron chi connectivity index (χ3n) is 5.24. The van der Waals surface area contributed by atoms with E-state index in [9.17, 15) is 23.9 Å². The Morgan fingerprint density at radius 3 is 2.90 bits per heavy atom. The maximum atomic E-state index is 14.4. The first-order chi connectivity index (χ1) is 14.3. The van der Waals surface area contributed by atoms with Crippen LogP contribution < -0.4 is 5.32 Å². The van der Waals surface area contributed by atoms with Gasteiger partial charge in [-0.15, -0.1) is 23.1 Å². The molecule has 2 N–H and O–H groups in total. The van der Waals surface area contributed by atoms with Crippen LogP contribution in [-0.2, 0) is 19.2 Å². The predicted octanol–water partition coefficient (Wildman–Crippen LogP) is 1.88. The molecule has 2 aromatic rings. The Labute approximate surface area is 179 Å². The first-order valence-electron chi connectivity index (χ1n) is 9.00. The van der Waals surface area contributed by atoms with Crippen LogP contribution in [0.15, 0.2) is 28.7 Å². The summed E-state index contributed by atoms with van der Waals surface area (Å²) in [6.07, 6.45) is 0. The van der Waals surface area contributed by atoms with Gasteiger partial charge in [0.2, 0.25) is 5.91 Å². The number of halogens is 1. The molecule has 2 aliphatic heterocycles. The van der Waals surface area contributed by atoms with Crippen LogP contribution in [0.2, 0.25) is 0 Å². The molecule has 8 nitrogen and oxygen atoms in total. The third-order valence-corrected chi connectivity index (χ3v) is 7.86. The van der Waals surface area contributed by atoms with E-state index in [0.29, 0.717) is 10.5 Å². The zero-order chi connectivity index (χ0) is 21.6. The number of carbonyl (C=O) groups is 3. The van der Waals surface area contributed by atoms with Crippen molar-refractivity contribution in [3.63, 3.8) is 0 Å². The number of hydrogen-bond donors (Lipinski definition) is 2. The van der Waals surface area contributed by atoms with Gasteiger partial charge in [0.05, 0.1) is 5.41 Å². The molecule has 0 aliphatic carbocycles. The molecule has 3 heterocycles. The lowest BCUT2D eigenvalue weighted by molar-refractivity contribution is -0.157. The van der Waals surface area contributed by atoms with Gasteiger partial charge >= 0.3 is 5.97 Å². The number of rotatable bonds is 5. The highest BCUT2D eigenvalue weighted by molar-refractivity contribution is 8.00. The van der Waals surface area contributed by atoms with Crippen molar-refractivity contribution in [1.29, 1.82) is 0 Å². The van der Waals surface area contributed by atoms with Crippen LogP contribution in [0.25, 0.3) is 10.1 Å². The molecule has 1 aromatic heterocycles. The van der Waals surface area contributed by atoms with Gasteiger partial charge in [-0.05, 0) is 19.1 Å². The fourth-order valence-electron chi connectivity index (χ4n) is 3.56. The van der Waals surface area contributed by atoms with E-state index in [1.807, 2.05) is 0 Å². The van der Waals surface area contributed by atoms with Gasteiger partial charge in [0.25, 0.3) is 5.91 Å². The van der Waals surface area contributed by atoms with Gasteiger partial charge in [-0.2, -0.15) is 0 Å². The molecule has 0 spiro atoms. The highest BCUT2D eigenvalue weighted by Gasteiger charge is 2.56. The van der Waals surface area contributed by atoms with Crippen LogP contribution in [-0.4, -0.2) is 64.3 Å². The van der Waals surface area contributed by atoms with E-state index in [-0.39, 0.29) is 34.5 Å². The van der Waals surface area contributed by atoms with E-state index < -0.39 is 29.2 Å². The molecule has 2 aliphatic rings. The SMILES string of the molecule is CON=C(C(=O)NC1C(=O)N2CC(C)(C(=O)O)CS[C@H]12)c1csc2cccc(F)c12. The number of carbonyl (C=O) groups excluding carboxylic acids is 2. The number of carboxylic acids is 1. The topological polar surface area (TPSA) is 108 Å². The minimum atomic E-state index is -1.03. The number of thioether (sulfide) groups is 1. The number of nitrogens with one attached hydrogen (secondary N) is 1. The fraction of sp³-hybridized carbons (Fsp3) is 0.368. The molecule has 2 unspecified atom stereocenters. The summed E-state index contributed by atoms with van der Waals surface area (Å²) in [6.45, 7) is 1.68. The highest BCUT2D eigenvalue weighted by atomic mass is 32.2. The number of hydrogen-bond acceptors (Lipinski definition) is 7. The first kappa shape index (κ1) is 20.6. The lowest BCUT2D eigenvalue weighted by Gasteiger charge is -2.53. The predicted molar refractivity (Wildman–Crippen MR) is 111 cm³/mol. The molecule has 158 valence electrons. The number of oxime groups is 1. The fourth-order valence-corrected chi connectivity index (χ4v) is 6.01. The average molecular weight is 452 g/mol. The van der Waals surface area contributed by atoms with Crippen molar-refractivity contribution in [2.45, 2.75) is 18.3 Å². The summed E-state index contributed by atoms with van der Waals surface area (Å²) in [7, 11) is 1.28. The largest absolute Gasteiger partial charge is 0.481 e. The van der Waals surface area contributed by atoms with Gasteiger partial charge in [-0.25, -0.2) is 4.39 Å². The quantitative estimate of drug-likeness (QED) is 0.408. The molecule has 2 saturated heterocycles. The molecule has 0 radical (unpaired) electrons. The summed E-state index contributed by atoms with van der Waals surface area (Å²) in [5.41, 5.74) is -0.871. The van der Waals surface area contributed by atoms with Crippen LogP contribution >= 0.6 is 23.1 Å². The van der Waals surface area contributed by atoms with E-state index in [2.05, 4.69) is 10.5 Å². The Kier molecular flexibility index (Phi) is 5.18. The summed E-state index contributed by atoms with van der Waals surface area (Å²) in [6, 6.07) is 3.81. The molecule has 0 saturated carbocycles. The van der Waals surface area contributed by atoms with Crippen molar-refractivity contribution >= 4 is 56.7 Å². The maximum absolute atomic E-state index is 14.4. The zero-order valence-electron chi connectivity index (χ0n) is 16.0. The van der Waals surface area contributed by atoms with Crippen molar-refractivity contribution in [1.82, 2.24) is 10.2 Å². The number of fused-ring (bicyclic) bond motifs is 2. The average Bonchev–Trinajstić information content (AvgIpc) is 3.15. The second-order valence-corrected chi connectivity index (χ2v) is 9.39. The monoisotopic (exact) mass is 451 g/mol. The molecular weight excluding hydrogens is 433 g/mol. The van der Waals surface area contributed by atoms with Crippen LogP contribution in [0.3, 0.4) is 0 Å². The second kappa shape index (κ2) is 7.55. The van der Waals surface area contributed by atoms with E-state index in [4.69, 9.17) is 4.84 Å². The third kappa shape index (κ3) is 3.21. The Morgan fingerprint density at radius 2 is 2.20 bits per heavy atom. The van der Waals surface area contributed by atoms with Gasteiger partial charge in [-0.3, -0.25) is 14.4 Å². The molecule has 1 aromatic carbocycles. The van der Waals surface area contributed by atoms with E-state index in [1.54, 1.807) is 24.4 Å². The second-order valence-electron chi connectivity index (χ2n) is 7.37. The highest BCUT2D eigenvalue weighted by Crippen LogP contribution is 2.42. The number of aliphatic carboxylic acids is 1. The van der Waals surface area contributed by atoms with Gasteiger partial charge < -0.3 is 20.2 Å². The minimum absolute atomic E-state index is 0.0879. The minimum Gasteiger partial charge on any atom is -0.481 e. The lowest BCUT2D eigenvalue weighted by atomic mass is 9.89. The molecule has 3 atom stereocenters. The zero-order valence-corrected chi connectivity index (χ0v) is 17.7. The molecule has 4 rings (SSSR count). The van der Waals surface area contributed by atoms with E-state index in [1.165, 1.54) is 41.2 Å². The van der Waals surface area contributed by atoms with Gasteiger partial charge in [-0.1, -0.05) is 11.2 Å². The number of β-lactam (4-membered cyclic amide) rings is 1. The Balaban J connectivity index is 1.55. The molecular formula is C19H18FN3O5S2. The van der Waals surface area contributed by atoms with Gasteiger partial charge in [0, 0.05) is 33.3 Å². The maximum Gasteiger partial charge on any atom is 0.312 e. The van der Waals surface area contributed by atoms with Gasteiger partial charge in [0.1, 0.15) is 24.3 Å². The van der Waals surface area contributed by atoms with Crippen molar-refractivity contribution in [3.05, 3.63) is 35.0 Å². The van der Waals surface area contributed by atoms with Crippen LogP contribution in [0, 0.1) is 11.2 Å². The molecule has 2 fully saturated rings. The molecule has 0 bridgehead atoms. The molecule has 2 amide bonds. The van der Waals surface area contributed by atoms with Crippen molar-refractivity contribution in [3.8, 4) is 0 Å². The number of amides is 2.